The highest BCUT2D eigenvalue weighted by Gasteiger charge is 2.32. The van der Waals surface area contributed by atoms with E-state index in [9.17, 15) is 9.90 Å². The predicted molar refractivity (Wildman–Crippen MR) is 87.5 cm³/mol. The van der Waals surface area contributed by atoms with Crippen LogP contribution in [0.4, 0.5) is 0 Å². The number of amides is 1. The van der Waals surface area contributed by atoms with Crippen LogP contribution in [0.15, 0.2) is 17.5 Å². The van der Waals surface area contributed by atoms with Crippen LogP contribution in [0.3, 0.4) is 0 Å². The molecule has 0 unspecified atom stereocenters. The normalized spacial score (nSPS) is 25.7. The van der Waals surface area contributed by atoms with Crippen molar-refractivity contribution in [2.75, 3.05) is 6.54 Å². The summed E-state index contributed by atoms with van der Waals surface area (Å²) < 4.78 is 0. The first-order chi connectivity index (χ1) is 10.1. The molecule has 2 N–H and O–H groups in total. The second-order valence-corrected chi connectivity index (χ2v) is 7.32. The Morgan fingerprint density at radius 1 is 1.48 bits per heavy atom. The number of carbonyl (C=O) groups excluding carboxylic acids is 1. The van der Waals surface area contributed by atoms with Crippen LogP contribution in [0.1, 0.15) is 56.7 Å². The van der Waals surface area contributed by atoms with Crippen LogP contribution in [0.25, 0.3) is 0 Å². The molecule has 4 heteroatoms. The Bertz CT molecular complexity index is 422. The van der Waals surface area contributed by atoms with Crippen LogP contribution in [0.5, 0.6) is 0 Å². The Morgan fingerprint density at radius 2 is 2.24 bits per heavy atom. The lowest BCUT2D eigenvalue weighted by Crippen LogP contribution is -2.45. The Hall–Kier alpha value is -0.870. The number of rotatable bonds is 7. The van der Waals surface area contributed by atoms with E-state index in [2.05, 4.69) is 23.7 Å². The summed E-state index contributed by atoms with van der Waals surface area (Å²) in [6, 6.07) is 4.15. The van der Waals surface area contributed by atoms with E-state index in [1.54, 1.807) is 11.3 Å². The van der Waals surface area contributed by atoms with Gasteiger partial charge in [-0.25, -0.2) is 0 Å². The standard InChI is InChI=1S/C17H27NO2S/c1-2-14-8-10-17(20,11-9-14)13-18-16(19)7-3-5-15-6-4-12-21-15/h4,6,12,14,20H,2-3,5,7-11,13H2,1H3,(H,18,19). The lowest BCUT2D eigenvalue weighted by molar-refractivity contribution is -0.123. The molecule has 1 fully saturated rings. The van der Waals surface area contributed by atoms with Crippen molar-refractivity contribution in [1.82, 2.24) is 5.32 Å². The second kappa shape index (κ2) is 7.95. The summed E-state index contributed by atoms with van der Waals surface area (Å²) in [4.78, 5) is 13.2. The average molecular weight is 309 g/mol. The van der Waals surface area contributed by atoms with Gasteiger partial charge in [0.2, 0.25) is 5.91 Å². The number of carbonyl (C=O) groups is 1. The molecular formula is C17H27NO2S. The first kappa shape index (κ1) is 16.5. The highest BCUT2D eigenvalue weighted by atomic mass is 32.1. The van der Waals surface area contributed by atoms with Crippen molar-refractivity contribution in [2.24, 2.45) is 5.92 Å². The zero-order chi connectivity index (χ0) is 15.1. The highest BCUT2D eigenvalue weighted by molar-refractivity contribution is 7.09. The first-order valence-corrected chi connectivity index (χ1v) is 9.01. The van der Waals surface area contributed by atoms with Crippen molar-refractivity contribution < 1.29 is 9.90 Å². The predicted octanol–water partition coefficient (Wildman–Crippen LogP) is 3.52. The fourth-order valence-corrected chi connectivity index (χ4v) is 3.78. The SMILES string of the molecule is CCC1CCC(O)(CNC(=O)CCCc2cccs2)CC1. The number of hydrogen-bond acceptors (Lipinski definition) is 3. The van der Waals surface area contributed by atoms with E-state index in [0.29, 0.717) is 13.0 Å². The molecule has 0 atom stereocenters. The molecule has 21 heavy (non-hydrogen) atoms. The zero-order valence-corrected chi connectivity index (χ0v) is 13.8. The Balaban J connectivity index is 1.62. The molecule has 0 saturated heterocycles. The zero-order valence-electron chi connectivity index (χ0n) is 12.9. The van der Waals surface area contributed by atoms with Crippen LogP contribution in [-0.4, -0.2) is 23.2 Å². The third-order valence-corrected chi connectivity index (χ3v) is 5.57. The molecule has 1 aliphatic carbocycles. The van der Waals surface area contributed by atoms with E-state index in [0.717, 1.165) is 44.4 Å². The highest BCUT2D eigenvalue weighted by Crippen LogP contribution is 2.33. The lowest BCUT2D eigenvalue weighted by atomic mass is 9.78. The molecule has 0 bridgehead atoms. The molecule has 3 nitrogen and oxygen atoms in total. The molecule has 2 rings (SSSR count). The largest absolute Gasteiger partial charge is 0.388 e. The number of thiophene rings is 1. The maximum Gasteiger partial charge on any atom is 0.220 e. The second-order valence-electron chi connectivity index (χ2n) is 6.29. The van der Waals surface area contributed by atoms with Crippen LogP contribution < -0.4 is 5.32 Å². The van der Waals surface area contributed by atoms with E-state index in [1.807, 2.05) is 6.07 Å². The molecule has 0 spiro atoms. The topological polar surface area (TPSA) is 49.3 Å². The van der Waals surface area contributed by atoms with Crippen molar-refractivity contribution in [2.45, 2.75) is 63.9 Å². The summed E-state index contributed by atoms with van der Waals surface area (Å²) in [5.74, 6) is 0.823. The smallest absolute Gasteiger partial charge is 0.220 e. The van der Waals surface area contributed by atoms with Gasteiger partial charge in [0.1, 0.15) is 0 Å². The maximum atomic E-state index is 11.9. The van der Waals surface area contributed by atoms with E-state index in [-0.39, 0.29) is 5.91 Å². The summed E-state index contributed by atoms with van der Waals surface area (Å²) in [5, 5.41) is 15.5. The van der Waals surface area contributed by atoms with E-state index < -0.39 is 5.60 Å². The van der Waals surface area contributed by atoms with Crippen LogP contribution in [-0.2, 0) is 11.2 Å². The molecule has 1 aromatic heterocycles. The summed E-state index contributed by atoms with van der Waals surface area (Å²) in [6.07, 6.45) is 7.40. The van der Waals surface area contributed by atoms with Gasteiger partial charge in [0, 0.05) is 17.8 Å². The van der Waals surface area contributed by atoms with Crippen LogP contribution in [0.2, 0.25) is 0 Å². The van der Waals surface area contributed by atoms with Gasteiger partial charge in [0.05, 0.1) is 5.60 Å². The Labute approximate surface area is 131 Å². The molecular weight excluding hydrogens is 282 g/mol. The van der Waals surface area contributed by atoms with Crippen LogP contribution in [0, 0.1) is 5.92 Å². The minimum atomic E-state index is -0.672. The molecule has 1 aliphatic rings. The fraction of sp³-hybridized carbons (Fsp3) is 0.706. The van der Waals surface area contributed by atoms with E-state index in [4.69, 9.17) is 0 Å². The molecule has 1 amide bonds. The van der Waals surface area contributed by atoms with E-state index >= 15 is 0 Å². The van der Waals surface area contributed by atoms with Gasteiger partial charge in [-0.3, -0.25) is 4.79 Å². The van der Waals surface area contributed by atoms with Gasteiger partial charge in [0.25, 0.3) is 0 Å². The number of aliphatic hydroxyl groups is 1. The van der Waals surface area contributed by atoms with Crippen molar-refractivity contribution in [3.8, 4) is 0 Å². The lowest BCUT2D eigenvalue weighted by Gasteiger charge is -2.35. The number of nitrogens with one attached hydrogen (secondary N) is 1. The monoisotopic (exact) mass is 309 g/mol. The fourth-order valence-electron chi connectivity index (χ4n) is 3.03. The van der Waals surface area contributed by atoms with Gasteiger partial charge in [-0.2, -0.15) is 0 Å². The summed E-state index contributed by atoms with van der Waals surface area (Å²) in [6.45, 7) is 2.63. The Kier molecular flexibility index (Phi) is 6.24. The van der Waals surface area contributed by atoms with E-state index in [1.165, 1.54) is 11.3 Å². The molecule has 1 heterocycles. The van der Waals surface area contributed by atoms with Crippen molar-refractivity contribution >= 4 is 17.2 Å². The summed E-state index contributed by atoms with van der Waals surface area (Å²) in [7, 11) is 0. The Morgan fingerprint density at radius 3 is 2.86 bits per heavy atom. The third kappa shape index (κ3) is 5.44. The molecule has 0 aromatic carbocycles. The van der Waals surface area contributed by atoms with Gasteiger partial charge < -0.3 is 10.4 Å². The maximum absolute atomic E-state index is 11.9. The van der Waals surface area contributed by atoms with Gasteiger partial charge in [-0.15, -0.1) is 11.3 Å². The van der Waals surface area contributed by atoms with Gasteiger partial charge >= 0.3 is 0 Å². The minimum Gasteiger partial charge on any atom is -0.388 e. The molecule has 118 valence electrons. The van der Waals surface area contributed by atoms with Gasteiger partial charge in [-0.05, 0) is 55.9 Å². The molecule has 0 aliphatic heterocycles. The molecule has 1 saturated carbocycles. The quantitative estimate of drug-likeness (QED) is 0.809. The first-order valence-electron chi connectivity index (χ1n) is 8.13. The van der Waals surface area contributed by atoms with Crippen molar-refractivity contribution in [3.05, 3.63) is 22.4 Å². The van der Waals surface area contributed by atoms with Gasteiger partial charge in [0.15, 0.2) is 0 Å². The molecule has 1 aromatic rings. The summed E-state index contributed by atoms with van der Waals surface area (Å²) in [5.41, 5.74) is -0.672. The number of hydrogen-bond donors (Lipinski definition) is 2. The van der Waals surface area contributed by atoms with Crippen LogP contribution >= 0.6 is 11.3 Å². The third-order valence-electron chi connectivity index (χ3n) is 4.63. The molecule has 0 radical (unpaired) electrons. The van der Waals surface area contributed by atoms with Gasteiger partial charge in [-0.1, -0.05) is 19.4 Å². The minimum absolute atomic E-state index is 0.0672. The van der Waals surface area contributed by atoms with Crippen molar-refractivity contribution in [3.63, 3.8) is 0 Å². The average Bonchev–Trinajstić information content (AvgIpc) is 2.99. The summed E-state index contributed by atoms with van der Waals surface area (Å²) >= 11 is 1.74. The van der Waals surface area contributed by atoms with Crippen molar-refractivity contribution in [1.29, 1.82) is 0 Å². The number of aryl methyl sites for hydroxylation is 1.